The Hall–Kier alpha value is -3.13. The highest BCUT2D eigenvalue weighted by atomic mass is 16.1. The van der Waals surface area contributed by atoms with E-state index in [9.17, 15) is 10.1 Å². The number of benzene rings is 1. The number of carbonyl (C=O) groups is 1. The van der Waals surface area contributed by atoms with E-state index in [4.69, 9.17) is 0 Å². The minimum atomic E-state index is -0.0608. The fourth-order valence-electron chi connectivity index (χ4n) is 3.17. The maximum Gasteiger partial charge on any atom is 0.267 e. The summed E-state index contributed by atoms with van der Waals surface area (Å²) in [6.45, 7) is 1.46. The van der Waals surface area contributed by atoms with Crippen LogP contribution in [-0.2, 0) is 6.54 Å². The lowest BCUT2D eigenvalue weighted by Crippen LogP contribution is -2.22. The first-order valence-electron chi connectivity index (χ1n) is 7.54. The molecular weight excluding hydrogens is 288 g/mol. The maximum atomic E-state index is 12.3. The summed E-state index contributed by atoms with van der Waals surface area (Å²) in [5.74, 6) is -0.0608. The lowest BCUT2D eigenvalue weighted by molar-refractivity contribution is 0.0951. The average Bonchev–Trinajstić information content (AvgIpc) is 2.87. The van der Waals surface area contributed by atoms with Gasteiger partial charge in [0.2, 0.25) is 0 Å². The van der Waals surface area contributed by atoms with Crippen LogP contribution in [0.2, 0.25) is 0 Å². The molecule has 3 aromatic rings. The smallest absolute Gasteiger partial charge is 0.267 e. The summed E-state index contributed by atoms with van der Waals surface area (Å²) in [5.41, 5.74) is 4.10. The Bertz CT molecular complexity index is 951. The van der Waals surface area contributed by atoms with Gasteiger partial charge < -0.3 is 9.88 Å². The van der Waals surface area contributed by atoms with Gasteiger partial charge in [-0.3, -0.25) is 9.78 Å². The van der Waals surface area contributed by atoms with E-state index < -0.39 is 0 Å². The number of aryl methyl sites for hydroxylation is 1. The number of hydrogen-bond acceptors (Lipinski definition) is 3. The van der Waals surface area contributed by atoms with Crippen LogP contribution in [0.3, 0.4) is 0 Å². The molecule has 1 amide bonds. The second-order valence-corrected chi connectivity index (χ2v) is 5.61. The summed E-state index contributed by atoms with van der Waals surface area (Å²) in [7, 11) is 0. The Kier molecular flexibility index (Phi) is 3.09. The van der Waals surface area contributed by atoms with Crippen molar-refractivity contribution in [3.63, 3.8) is 0 Å². The Labute approximate surface area is 133 Å². The monoisotopic (exact) mass is 302 g/mol. The van der Waals surface area contributed by atoms with Crippen LogP contribution in [0.5, 0.6) is 0 Å². The first-order valence-corrected chi connectivity index (χ1v) is 7.54. The molecule has 0 fully saturated rings. The molecule has 0 radical (unpaired) electrons. The van der Waals surface area contributed by atoms with Gasteiger partial charge in [-0.05, 0) is 30.7 Å². The SMILES string of the molecule is N#Cc1cc(-c2cccnc2)c2c(c1)cc1n2CCCNC1=O. The third-order valence-corrected chi connectivity index (χ3v) is 4.17. The minimum absolute atomic E-state index is 0.0608. The number of fused-ring (bicyclic) bond motifs is 3. The highest BCUT2D eigenvalue weighted by molar-refractivity contribution is 6.03. The molecule has 1 N–H and O–H groups in total. The summed E-state index contributed by atoms with van der Waals surface area (Å²) in [6, 6.07) is 11.6. The van der Waals surface area contributed by atoms with Gasteiger partial charge in [0.15, 0.2) is 0 Å². The van der Waals surface area contributed by atoms with Gasteiger partial charge in [0, 0.05) is 42.0 Å². The number of nitriles is 1. The second-order valence-electron chi connectivity index (χ2n) is 5.61. The highest BCUT2D eigenvalue weighted by Crippen LogP contribution is 2.33. The molecule has 3 heterocycles. The number of aromatic nitrogens is 2. The molecule has 112 valence electrons. The number of nitrogens with zero attached hydrogens (tertiary/aromatic N) is 3. The van der Waals surface area contributed by atoms with Crippen molar-refractivity contribution in [1.82, 2.24) is 14.9 Å². The molecule has 23 heavy (non-hydrogen) atoms. The molecule has 0 atom stereocenters. The lowest BCUT2D eigenvalue weighted by atomic mass is 10.0. The van der Waals surface area contributed by atoms with Crippen molar-refractivity contribution in [3.8, 4) is 17.2 Å². The molecule has 0 unspecified atom stereocenters. The molecule has 0 spiro atoms. The fraction of sp³-hybridized carbons (Fsp3) is 0.167. The first kappa shape index (κ1) is 13.5. The third kappa shape index (κ3) is 2.16. The maximum absolute atomic E-state index is 12.3. The van der Waals surface area contributed by atoms with Crippen molar-refractivity contribution < 1.29 is 4.79 Å². The normalized spacial score (nSPS) is 14.0. The molecule has 1 aliphatic rings. The Balaban J connectivity index is 2.08. The summed E-state index contributed by atoms with van der Waals surface area (Å²) >= 11 is 0. The largest absolute Gasteiger partial charge is 0.351 e. The van der Waals surface area contributed by atoms with E-state index >= 15 is 0 Å². The van der Waals surface area contributed by atoms with Gasteiger partial charge in [0.1, 0.15) is 5.69 Å². The third-order valence-electron chi connectivity index (χ3n) is 4.17. The van der Waals surface area contributed by atoms with E-state index in [0.717, 1.165) is 35.0 Å². The summed E-state index contributed by atoms with van der Waals surface area (Å²) in [6.07, 6.45) is 4.39. The van der Waals surface area contributed by atoms with Gasteiger partial charge in [0.25, 0.3) is 5.91 Å². The molecule has 1 aromatic carbocycles. The molecule has 5 heteroatoms. The zero-order valence-corrected chi connectivity index (χ0v) is 12.4. The van der Waals surface area contributed by atoms with Crippen LogP contribution in [0.15, 0.2) is 42.7 Å². The van der Waals surface area contributed by atoms with Crippen molar-refractivity contribution in [2.75, 3.05) is 6.54 Å². The van der Waals surface area contributed by atoms with Gasteiger partial charge in [-0.2, -0.15) is 5.26 Å². The van der Waals surface area contributed by atoms with Gasteiger partial charge in [0.05, 0.1) is 17.1 Å². The Morgan fingerprint density at radius 1 is 1.30 bits per heavy atom. The quantitative estimate of drug-likeness (QED) is 0.751. The predicted octanol–water partition coefficient (Wildman–Crippen LogP) is 2.71. The zero-order chi connectivity index (χ0) is 15.8. The molecule has 0 bridgehead atoms. The van der Waals surface area contributed by atoms with Crippen LogP contribution in [0, 0.1) is 11.3 Å². The van der Waals surface area contributed by atoms with E-state index in [1.165, 1.54) is 0 Å². The van der Waals surface area contributed by atoms with Crippen LogP contribution in [-0.4, -0.2) is 22.0 Å². The van der Waals surface area contributed by atoms with Crippen LogP contribution in [0.25, 0.3) is 22.0 Å². The van der Waals surface area contributed by atoms with Crippen LogP contribution in [0.4, 0.5) is 0 Å². The fourth-order valence-corrected chi connectivity index (χ4v) is 3.17. The lowest BCUT2D eigenvalue weighted by Gasteiger charge is -2.10. The van der Waals surface area contributed by atoms with Crippen LogP contribution >= 0.6 is 0 Å². The summed E-state index contributed by atoms with van der Waals surface area (Å²) in [5, 5.41) is 13.1. The van der Waals surface area contributed by atoms with Gasteiger partial charge >= 0.3 is 0 Å². The van der Waals surface area contributed by atoms with E-state index in [2.05, 4.69) is 20.9 Å². The topological polar surface area (TPSA) is 70.7 Å². The molecule has 0 saturated carbocycles. The van der Waals surface area contributed by atoms with Gasteiger partial charge in [-0.1, -0.05) is 6.07 Å². The van der Waals surface area contributed by atoms with E-state index in [0.29, 0.717) is 17.8 Å². The molecule has 5 nitrogen and oxygen atoms in total. The molecule has 0 aliphatic carbocycles. The zero-order valence-electron chi connectivity index (χ0n) is 12.4. The predicted molar refractivity (Wildman–Crippen MR) is 86.8 cm³/mol. The standard InChI is InChI=1S/C18H14N4O/c19-10-12-7-14-9-16-18(23)21-5-2-6-22(16)17(14)15(8-12)13-3-1-4-20-11-13/h1,3-4,7-9,11H,2,5-6H2,(H,21,23). The van der Waals surface area contributed by atoms with Crippen molar-refractivity contribution in [3.05, 3.63) is 54.0 Å². The highest BCUT2D eigenvalue weighted by Gasteiger charge is 2.21. The Morgan fingerprint density at radius 2 is 2.22 bits per heavy atom. The van der Waals surface area contributed by atoms with Crippen molar-refractivity contribution in [2.45, 2.75) is 13.0 Å². The van der Waals surface area contributed by atoms with Gasteiger partial charge in [-0.15, -0.1) is 0 Å². The van der Waals surface area contributed by atoms with Crippen molar-refractivity contribution in [1.29, 1.82) is 5.26 Å². The van der Waals surface area contributed by atoms with Crippen molar-refractivity contribution in [2.24, 2.45) is 0 Å². The van der Waals surface area contributed by atoms with Crippen LogP contribution < -0.4 is 5.32 Å². The average molecular weight is 302 g/mol. The number of hydrogen-bond donors (Lipinski definition) is 1. The molecule has 4 rings (SSSR count). The number of rotatable bonds is 1. The number of carbonyl (C=O) groups excluding carboxylic acids is 1. The van der Waals surface area contributed by atoms with E-state index in [1.54, 1.807) is 12.4 Å². The number of nitrogens with one attached hydrogen (secondary N) is 1. The summed E-state index contributed by atoms with van der Waals surface area (Å²) in [4.78, 5) is 16.4. The molecule has 0 saturated heterocycles. The second kappa shape index (κ2) is 5.25. The molecule has 1 aliphatic heterocycles. The number of amides is 1. The summed E-state index contributed by atoms with van der Waals surface area (Å²) < 4.78 is 2.06. The first-order chi connectivity index (χ1) is 11.3. The van der Waals surface area contributed by atoms with Crippen molar-refractivity contribution >= 4 is 16.8 Å². The number of pyridine rings is 1. The van der Waals surface area contributed by atoms with Gasteiger partial charge in [-0.25, -0.2) is 0 Å². The minimum Gasteiger partial charge on any atom is -0.351 e. The Morgan fingerprint density at radius 3 is 3.00 bits per heavy atom. The van der Waals surface area contributed by atoms with Crippen LogP contribution in [0.1, 0.15) is 22.5 Å². The van der Waals surface area contributed by atoms with E-state index in [1.807, 2.05) is 30.3 Å². The molecular formula is C18H14N4O. The molecule has 2 aromatic heterocycles. The van der Waals surface area contributed by atoms with E-state index in [-0.39, 0.29) is 5.91 Å².